The third kappa shape index (κ3) is 3.08. The lowest BCUT2D eigenvalue weighted by Crippen LogP contribution is -2.57. The van der Waals surface area contributed by atoms with Crippen LogP contribution in [-0.2, 0) is 4.74 Å². The van der Waals surface area contributed by atoms with E-state index < -0.39 is 5.03 Å². The van der Waals surface area contributed by atoms with Crippen molar-refractivity contribution in [2.45, 2.75) is 6.42 Å². The predicted molar refractivity (Wildman–Crippen MR) is 65.3 cm³/mol. The third-order valence-corrected chi connectivity index (χ3v) is 3.16. The zero-order valence-electron chi connectivity index (χ0n) is 10.8. The predicted octanol–water partition coefficient (Wildman–Crippen LogP) is -0.335. The molecular weight excluding hydrogens is 238 g/mol. The molecule has 2 saturated heterocycles. The maximum Gasteiger partial charge on any atom is 0.275 e. The van der Waals surface area contributed by atoms with Crippen LogP contribution >= 0.6 is 0 Å². The average molecular weight is 257 g/mol. The van der Waals surface area contributed by atoms with Crippen LogP contribution in [0.2, 0.25) is 0 Å². The summed E-state index contributed by atoms with van der Waals surface area (Å²) in [6.45, 7) is 3.57. The molecule has 0 bridgehead atoms. The molecule has 1 atom stereocenters. The van der Waals surface area contributed by atoms with Gasteiger partial charge in [-0.15, -0.1) is 0 Å². The highest BCUT2D eigenvalue weighted by Gasteiger charge is 2.30. The van der Waals surface area contributed by atoms with Crippen LogP contribution in [0, 0.1) is 16.0 Å². The van der Waals surface area contributed by atoms with Crippen molar-refractivity contribution in [2.24, 2.45) is 11.0 Å². The molecule has 2 aliphatic heterocycles. The van der Waals surface area contributed by atoms with Gasteiger partial charge in [0, 0.05) is 26.1 Å². The fourth-order valence-corrected chi connectivity index (χ4v) is 2.46. The minimum atomic E-state index is -0.630. The van der Waals surface area contributed by atoms with Gasteiger partial charge in [0.1, 0.15) is 5.10 Å². The van der Waals surface area contributed by atoms with E-state index in [0.29, 0.717) is 25.2 Å². The molecule has 8 nitrogen and oxygen atoms in total. The Bertz CT molecular complexity index is 342. The first-order valence-electron chi connectivity index (χ1n) is 6.01. The van der Waals surface area contributed by atoms with E-state index in [2.05, 4.69) is 10.0 Å². The number of nitrogens with zero attached hydrogens (tertiary/aromatic N) is 5. The molecule has 0 aliphatic carbocycles. The van der Waals surface area contributed by atoms with E-state index in [9.17, 15) is 10.1 Å². The molecule has 2 rings (SSSR count). The van der Waals surface area contributed by atoms with E-state index in [1.54, 1.807) is 4.90 Å². The Morgan fingerprint density at radius 1 is 1.50 bits per heavy atom. The van der Waals surface area contributed by atoms with E-state index >= 15 is 0 Å². The molecule has 0 aromatic rings. The maximum absolute atomic E-state index is 10.6. The number of rotatable bonds is 3. The number of nitro groups is 1. The van der Waals surface area contributed by atoms with E-state index in [0.717, 1.165) is 26.2 Å². The van der Waals surface area contributed by atoms with Crippen molar-refractivity contribution in [1.82, 2.24) is 14.7 Å². The van der Waals surface area contributed by atoms with Gasteiger partial charge >= 0.3 is 0 Å². The number of ether oxygens (including phenoxy) is 1. The summed E-state index contributed by atoms with van der Waals surface area (Å²) in [7, 11) is 3.80. The largest absolute Gasteiger partial charge is 0.381 e. The van der Waals surface area contributed by atoms with Crippen molar-refractivity contribution in [1.29, 1.82) is 0 Å². The summed E-state index contributed by atoms with van der Waals surface area (Å²) in [5, 5.41) is 13.5. The van der Waals surface area contributed by atoms with Crippen molar-refractivity contribution in [3.8, 4) is 0 Å². The molecule has 0 amide bonds. The highest BCUT2D eigenvalue weighted by molar-refractivity contribution is 5.79. The quantitative estimate of drug-likeness (QED) is 0.509. The summed E-state index contributed by atoms with van der Waals surface area (Å²) >= 11 is 0. The Balaban J connectivity index is 2.08. The van der Waals surface area contributed by atoms with Crippen molar-refractivity contribution < 1.29 is 9.77 Å². The van der Waals surface area contributed by atoms with Crippen LogP contribution in [0.15, 0.2) is 5.10 Å². The van der Waals surface area contributed by atoms with Crippen molar-refractivity contribution in [2.75, 3.05) is 47.2 Å². The molecule has 2 aliphatic rings. The molecule has 102 valence electrons. The standard InChI is InChI=1S/C10H19N5O3/c1-12-7-13(2)10(11-15(16)17)14(8-12)5-9-3-4-18-6-9/h9H,3-8H2,1-2H3/b11-10-. The molecule has 2 fully saturated rings. The normalized spacial score (nSPS) is 28.1. The van der Waals surface area contributed by atoms with Crippen LogP contribution < -0.4 is 0 Å². The summed E-state index contributed by atoms with van der Waals surface area (Å²) < 4.78 is 5.34. The number of hydrogen-bond donors (Lipinski definition) is 0. The second-order valence-electron chi connectivity index (χ2n) is 4.93. The van der Waals surface area contributed by atoms with Gasteiger partial charge in [0.25, 0.3) is 5.96 Å². The summed E-state index contributed by atoms with van der Waals surface area (Å²) in [6.07, 6.45) is 1.01. The summed E-state index contributed by atoms with van der Waals surface area (Å²) in [4.78, 5) is 16.4. The fraction of sp³-hybridized carbons (Fsp3) is 0.900. The molecule has 0 spiro atoms. The lowest BCUT2D eigenvalue weighted by atomic mass is 10.1. The van der Waals surface area contributed by atoms with Gasteiger partial charge in [0.05, 0.1) is 19.9 Å². The average Bonchev–Trinajstić information content (AvgIpc) is 2.75. The zero-order chi connectivity index (χ0) is 13.1. The van der Waals surface area contributed by atoms with Gasteiger partial charge in [0.15, 0.2) is 5.03 Å². The number of hydrogen-bond acceptors (Lipinski definition) is 4. The van der Waals surface area contributed by atoms with Crippen LogP contribution in [0.4, 0.5) is 0 Å². The van der Waals surface area contributed by atoms with Crippen molar-refractivity contribution in [3.05, 3.63) is 10.1 Å². The van der Waals surface area contributed by atoms with Crippen LogP contribution in [0.5, 0.6) is 0 Å². The lowest BCUT2D eigenvalue weighted by molar-refractivity contribution is -0.486. The van der Waals surface area contributed by atoms with Gasteiger partial charge < -0.3 is 14.5 Å². The highest BCUT2D eigenvalue weighted by atomic mass is 16.7. The van der Waals surface area contributed by atoms with Gasteiger partial charge in [-0.05, 0) is 13.5 Å². The topological polar surface area (TPSA) is 74.5 Å². The SMILES string of the molecule is CN1CN(C)/C(=N/[N+](=O)[O-])N(CC2CCOC2)C1. The van der Waals surface area contributed by atoms with Gasteiger partial charge in [-0.2, -0.15) is 0 Å². The Morgan fingerprint density at radius 3 is 2.89 bits per heavy atom. The highest BCUT2D eigenvalue weighted by Crippen LogP contribution is 2.17. The Labute approximate surface area is 106 Å². The second-order valence-corrected chi connectivity index (χ2v) is 4.93. The monoisotopic (exact) mass is 257 g/mol. The summed E-state index contributed by atoms with van der Waals surface area (Å²) in [6, 6.07) is 0. The minimum Gasteiger partial charge on any atom is -0.381 e. The van der Waals surface area contributed by atoms with Crippen LogP contribution in [0.25, 0.3) is 0 Å². The van der Waals surface area contributed by atoms with Crippen LogP contribution in [-0.4, -0.2) is 72.9 Å². The fourth-order valence-electron chi connectivity index (χ4n) is 2.46. The zero-order valence-corrected chi connectivity index (χ0v) is 10.8. The molecule has 0 aromatic carbocycles. The summed E-state index contributed by atoms with van der Waals surface area (Å²) in [5.74, 6) is 0.867. The molecule has 0 N–H and O–H groups in total. The first kappa shape index (κ1) is 13.0. The minimum absolute atomic E-state index is 0.432. The molecule has 0 saturated carbocycles. The second kappa shape index (κ2) is 5.49. The molecule has 1 unspecified atom stereocenters. The number of guanidine groups is 1. The molecule has 18 heavy (non-hydrogen) atoms. The third-order valence-electron chi connectivity index (χ3n) is 3.16. The van der Waals surface area contributed by atoms with Gasteiger partial charge in [0.2, 0.25) is 0 Å². The van der Waals surface area contributed by atoms with E-state index in [1.807, 2.05) is 19.0 Å². The summed E-state index contributed by atoms with van der Waals surface area (Å²) in [5.41, 5.74) is 0. The molecule has 0 aromatic heterocycles. The first-order chi connectivity index (χ1) is 8.56. The Morgan fingerprint density at radius 2 is 2.28 bits per heavy atom. The van der Waals surface area contributed by atoms with Crippen molar-refractivity contribution >= 4 is 5.96 Å². The molecule has 2 heterocycles. The van der Waals surface area contributed by atoms with Crippen LogP contribution in [0.3, 0.4) is 0 Å². The van der Waals surface area contributed by atoms with Crippen molar-refractivity contribution in [3.63, 3.8) is 0 Å². The van der Waals surface area contributed by atoms with E-state index in [4.69, 9.17) is 4.74 Å². The molecule has 8 heteroatoms. The van der Waals surface area contributed by atoms with Gasteiger partial charge in [-0.1, -0.05) is 0 Å². The number of hydrazone groups is 1. The van der Waals surface area contributed by atoms with Crippen LogP contribution in [0.1, 0.15) is 6.42 Å². The lowest BCUT2D eigenvalue weighted by Gasteiger charge is -2.40. The Kier molecular flexibility index (Phi) is 3.97. The van der Waals surface area contributed by atoms with Gasteiger partial charge in [-0.25, -0.2) is 10.1 Å². The maximum atomic E-state index is 10.6. The van der Waals surface area contributed by atoms with E-state index in [1.165, 1.54) is 0 Å². The smallest absolute Gasteiger partial charge is 0.275 e. The van der Waals surface area contributed by atoms with E-state index in [-0.39, 0.29) is 0 Å². The Hall–Kier alpha value is -1.41. The molecular formula is C10H19N5O3. The van der Waals surface area contributed by atoms with Gasteiger partial charge in [-0.3, -0.25) is 4.90 Å². The molecule has 0 radical (unpaired) electrons. The first-order valence-corrected chi connectivity index (χ1v) is 6.01.